The molecule has 1 aromatic rings. The standard InChI is InChI=1S/C22H37NO/c1-6-14-22(4,5)20-10-12-21(13-11-20)24-16-15-23-17-19(7-2)9-8-18(23)3/h10-13,18-19H,6-9,14-17H2,1-5H3. The van der Waals surface area contributed by atoms with Crippen LogP contribution in [0.15, 0.2) is 24.3 Å². The number of benzene rings is 1. The first-order chi connectivity index (χ1) is 11.5. The van der Waals surface area contributed by atoms with Gasteiger partial charge in [-0.2, -0.15) is 0 Å². The number of hydrogen-bond donors (Lipinski definition) is 0. The molecule has 1 fully saturated rings. The van der Waals surface area contributed by atoms with E-state index in [2.05, 4.69) is 63.8 Å². The molecule has 2 rings (SSSR count). The average molecular weight is 332 g/mol. The molecule has 0 bridgehead atoms. The van der Waals surface area contributed by atoms with E-state index in [1.165, 1.54) is 44.2 Å². The zero-order chi connectivity index (χ0) is 17.6. The molecule has 0 aromatic heterocycles. The Morgan fingerprint density at radius 1 is 1.12 bits per heavy atom. The number of hydrogen-bond acceptors (Lipinski definition) is 2. The largest absolute Gasteiger partial charge is 0.492 e. The SMILES string of the molecule is CCCC(C)(C)c1ccc(OCCN2CC(CC)CCC2C)cc1. The highest BCUT2D eigenvalue weighted by Gasteiger charge is 2.24. The topological polar surface area (TPSA) is 12.5 Å². The van der Waals surface area contributed by atoms with E-state index < -0.39 is 0 Å². The Balaban J connectivity index is 1.82. The molecular weight excluding hydrogens is 294 g/mol. The summed E-state index contributed by atoms with van der Waals surface area (Å²) in [4.78, 5) is 2.61. The van der Waals surface area contributed by atoms with E-state index in [0.29, 0.717) is 6.04 Å². The summed E-state index contributed by atoms with van der Waals surface area (Å²) in [6.45, 7) is 14.7. The fraction of sp³-hybridized carbons (Fsp3) is 0.727. The quantitative estimate of drug-likeness (QED) is 0.610. The van der Waals surface area contributed by atoms with Gasteiger partial charge in [0.1, 0.15) is 12.4 Å². The van der Waals surface area contributed by atoms with E-state index in [0.717, 1.165) is 24.8 Å². The lowest BCUT2D eigenvalue weighted by molar-refractivity contribution is 0.0975. The molecule has 2 heteroatoms. The summed E-state index contributed by atoms with van der Waals surface area (Å²) in [6, 6.07) is 9.46. The second-order valence-corrected chi connectivity index (χ2v) is 8.20. The fourth-order valence-electron chi connectivity index (χ4n) is 3.96. The van der Waals surface area contributed by atoms with E-state index >= 15 is 0 Å². The Labute approximate surface area is 149 Å². The molecule has 0 saturated carbocycles. The van der Waals surface area contributed by atoms with Crippen molar-refractivity contribution in [2.75, 3.05) is 19.7 Å². The van der Waals surface area contributed by atoms with Gasteiger partial charge >= 0.3 is 0 Å². The molecule has 1 aromatic carbocycles. The summed E-state index contributed by atoms with van der Waals surface area (Å²) in [5, 5.41) is 0. The van der Waals surface area contributed by atoms with Crippen molar-refractivity contribution in [1.29, 1.82) is 0 Å². The van der Waals surface area contributed by atoms with E-state index in [9.17, 15) is 0 Å². The summed E-state index contributed by atoms with van der Waals surface area (Å²) in [6.07, 6.45) is 6.47. The van der Waals surface area contributed by atoms with Gasteiger partial charge in [0.15, 0.2) is 0 Å². The summed E-state index contributed by atoms with van der Waals surface area (Å²) in [7, 11) is 0. The second-order valence-electron chi connectivity index (χ2n) is 8.20. The van der Waals surface area contributed by atoms with Crippen LogP contribution in [0.4, 0.5) is 0 Å². The summed E-state index contributed by atoms with van der Waals surface area (Å²) in [5.41, 5.74) is 1.67. The van der Waals surface area contributed by atoms with Crippen molar-refractivity contribution in [1.82, 2.24) is 4.90 Å². The molecule has 0 spiro atoms. The van der Waals surface area contributed by atoms with Crippen molar-refractivity contribution in [2.45, 2.75) is 78.2 Å². The minimum atomic E-state index is 0.256. The van der Waals surface area contributed by atoms with Crippen LogP contribution in [0.2, 0.25) is 0 Å². The molecule has 0 aliphatic carbocycles. The van der Waals surface area contributed by atoms with E-state index in [4.69, 9.17) is 4.74 Å². The average Bonchev–Trinajstić information content (AvgIpc) is 2.57. The number of rotatable bonds is 8. The van der Waals surface area contributed by atoms with Crippen molar-refractivity contribution in [2.24, 2.45) is 5.92 Å². The van der Waals surface area contributed by atoms with Gasteiger partial charge in [0.2, 0.25) is 0 Å². The van der Waals surface area contributed by atoms with Crippen molar-refractivity contribution < 1.29 is 4.74 Å². The van der Waals surface area contributed by atoms with Crippen molar-refractivity contribution in [3.05, 3.63) is 29.8 Å². The van der Waals surface area contributed by atoms with Crippen LogP contribution in [0.1, 0.15) is 72.3 Å². The van der Waals surface area contributed by atoms with E-state index in [-0.39, 0.29) is 5.41 Å². The lowest BCUT2D eigenvalue weighted by Crippen LogP contribution is -2.43. The Kier molecular flexibility index (Phi) is 7.16. The van der Waals surface area contributed by atoms with Crippen LogP contribution in [0.5, 0.6) is 5.75 Å². The number of ether oxygens (including phenoxy) is 1. The molecular formula is C22H37NO. The smallest absolute Gasteiger partial charge is 0.119 e. The molecule has 1 heterocycles. The molecule has 2 nitrogen and oxygen atoms in total. The Bertz CT molecular complexity index is 479. The molecule has 0 amide bonds. The first kappa shape index (κ1) is 19.3. The molecule has 0 N–H and O–H groups in total. The lowest BCUT2D eigenvalue weighted by atomic mass is 9.81. The van der Waals surface area contributed by atoms with Gasteiger partial charge in [0.05, 0.1) is 0 Å². The van der Waals surface area contributed by atoms with Gasteiger partial charge in [-0.25, -0.2) is 0 Å². The maximum Gasteiger partial charge on any atom is 0.119 e. The maximum absolute atomic E-state index is 6.01. The molecule has 2 atom stereocenters. The highest BCUT2D eigenvalue weighted by molar-refractivity contribution is 5.31. The van der Waals surface area contributed by atoms with Gasteiger partial charge in [-0.15, -0.1) is 0 Å². The number of likely N-dealkylation sites (tertiary alicyclic amines) is 1. The van der Waals surface area contributed by atoms with E-state index in [1.807, 2.05) is 0 Å². The van der Waals surface area contributed by atoms with Gasteiger partial charge in [-0.3, -0.25) is 4.90 Å². The third-order valence-electron chi connectivity index (χ3n) is 5.84. The van der Waals surface area contributed by atoms with Crippen molar-refractivity contribution in [3.8, 4) is 5.75 Å². The normalized spacial score (nSPS) is 22.5. The third kappa shape index (κ3) is 5.24. The highest BCUT2D eigenvalue weighted by atomic mass is 16.5. The van der Waals surface area contributed by atoms with Crippen LogP contribution < -0.4 is 4.74 Å². The van der Waals surface area contributed by atoms with Gasteiger partial charge in [0.25, 0.3) is 0 Å². The van der Waals surface area contributed by atoms with Gasteiger partial charge in [-0.05, 0) is 55.2 Å². The highest BCUT2D eigenvalue weighted by Crippen LogP contribution is 2.29. The first-order valence-corrected chi connectivity index (χ1v) is 9.93. The number of nitrogens with zero attached hydrogens (tertiary/aromatic N) is 1. The summed E-state index contributed by atoms with van der Waals surface area (Å²) >= 11 is 0. The molecule has 1 aliphatic rings. The Hall–Kier alpha value is -1.02. The monoisotopic (exact) mass is 331 g/mol. The van der Waals surface area contributed by atoms with Crippen LogP contribution in [0.3, 0.4) is 0 Å². The summed E-state index contributed by atoms with van der Waals surface area (Å²) < 4.78 is 6.01. The minimum Gasteiger partial charge on any atom is -0.492 e. The van der Waals surface area contributed by atoms with Crippen LogP contribution in [-0.2, 0) is 5.41 Å². The van der Waals surface area contributed by atoms with Gasteiger partial charge < -0.3 is 4.74 Å². The lowest BCUT2D eigenvalue weighted by Gasteiger charge is -2.37. The third-order valence-corrected chi connectivity index (χ3v) is 5.84. The van der Waals surface area contributed by atoms with Crippen LogP contribution in [0, 0.1) is 5.92 Å². The van der Waals surface area contributed by atoms with Crippen molar-refractivity contribution in [3.63, 3.8) is 0 Å². The van der Waals surface area contributed by atoms with Crippen LogP contribution in [0.25, 0.3) is 0 Å². The molecule has 0 radical (unpaired) electrons. The Morgan fingerprint density at radius 3 is 2.46 bits per heavy atom. The summed E-state index contributed by atoms with van der Waals surface area (Å²) in [5.74, 6) is 1.88. The molecule has 1 aliphatic heterocycles. The Morgan fingerprint density at radius 2 is 1.83 bits per heavy atom. The zero-order valence-electron chi connectivity index (χ0n) is 16.5. The molecule has 1 saturated heterocycles. The van der Waals surface area contributed by atoms with Crippen LogP contribution in [-0.4, -0.2) is 30.6 Å². The van der Waals surface area contributed by atoms with Crippen LogP contribution >= 0.6 is 0 Å². The minimum absolute atomic E-state index is 0.256. The second kappa shape index (κ2) is 8.89. The molecule has 136 valence electrons. The first-order valence-electron chi connectivity index (χ1n) is 9.93. The predicted molar refractivity (Wildman–Crippen MR) is 104 cm³/mol. The van der Waals surface area contributed by atoms with E-state index in [1.54, 1.807) is 0 Å². The predicted octanol–water partition coefficient (Wildman–Crippen LogP) is 5.65. The number of piperidine rings is 1. The molecule has 24 heavy (non-hydrogen) atoms. The van der Waals surface area contributed by atoms with Crippen molar-refractivity contribution >= 4 is 0 Å². The van der Waals surface area contributed by atoms with Gasteiger partial charge in [0, 0.05) is 19.1 Å². The van der Waals surface area contributed by atoms with Gasteiger partial charge in [-0.1, -0.05) is 52.7 Å². The fourth-order valence-corrected chi connectivity index (χ4v) is 3.96. The molecule has 2 unspecified atom stereocenters. The zero-order valence-corrected chi connectivity index (χ0v) is 16.5. The maximum atomic E-state index is 6.01.